The van der Waals surface area contributed by atoms with Crippen molar-refractivity contribution in [1.82, 2.24) is 5.32 Å². The molecule has 0 aliphatic heterocycles. The van der Waals surface area contributed by atoms with Gasteiger partial charge in [-0.05, 0) is 44.9 Å². The highest BCUT2D eigenvalue weighted by Crippen LogP contribution is 2.16. The third-order valence-corrected chi connectivity index (χ3v) is 10.7. The molecule has 0 saturated heterocycles. The molecule has 0 rings (SSSR count). The number of rotatable bonds is 41. The summed E-state index contributed by atoms with van der Waals surface area (Å²) < 4.78 is 0. The molecule has 0 aliphatic carbocycles. The standard InChI is InChI=1S/C46H89NO5/c1-3-5-7-8-9-10-11-12-13-14-15-16-17-18-19-20-21-22-23-24-25-26-27-28-29-30-31-32-33-34-35-36-37-38-40-44(50)46(52)47-42(41-48)45(51)43(49)39-6-4-2/h17-18,20-21,42-45,48-51H,3-16,19,22-41H2,1-2H3,(H,47,52)/b18-17-,21-20-. The highest BCUT2D eigenvalue weighted by Gasteiger charge is 2.28. The summed E-state index contributed by atoms with van der Waals surface area (Å²) in [6.45, 7) is 3.79. The molecule has 0 heterocycles. The summed E-state index contributed by atoms with van der Waals surface area (Å²) in [7, 11) is 0. The van der Waals surface area contributed by atoms with Crippen LogP contribution in [0.15, 0.2) is 24.3 Å². The van der Waals surface area contributed by atoms with Gasteiger partial charge in [0.1, 0.15) is 12.2 Å². The van der Waals surface area contributed by atoms with Gasteiger partial charge in [-0.2, -0.15) is 0 Å². The van der Waals surface area contributed by atoms with Crippen molar-refractivity contribution in [1.29, 1.82) is 0 Å². The summed E-state index contributed by atoms with van der Waals surface area (Å²) in [5, 5.41) is 42.5. The molecule has 4 unspecified atom stereocenters. The Bertz CT molecular complexity index is 787. The third kappa shape index (κ3) is 34.6. The van der Waals surface area contributed by atoms with Crippen LogP contribution in [0.5, 0.6) is 0 Å². The van der Waals surface area contributed by atoms with Crippen LogP contribution in [0.1, 0.15) is 232 Å². The average Bonchev–Trinajstić information content (AvgIpc) is 3.15. The lowest BCUT2D eigenvalue weighted by Crippen LogP contribution is -2.53. The fourth-order valence-electron chi connectivity index (χ4n) is 7.01. The van der Waals surface area contributed by atoms with Crippen molar-refractivity contribution in [2.24, 2.45) is 0 Å². The van der Waals surface area contributed by atoms with Gasteiger partial charge in [-0.1, -0.05) is 212 Å². The second-order valence-electron chi connectivity index (χ2n) is 15.8. The van der Waals surface area contributed by atoms with Crippen LogP contribution in [0.3, 0.4) is 0 Å². The molecule has 6 heteroatoms. The van der Waals surface area contributed by atoms with Crippen molar-refractivity contribution in [3.8, 4) is 0 Å². The fraction of sp³-hybridized carbons (Fsp3) is 0.891. The van der Waals surface area contributed by atoms with E-state index in [0.717, 1.165) is 38.5 Å². The molecule has 0 fully saturated rings. The van der Waals surface area contributed by atoms with E-state index >= 15 is 0 Å². The number of aliphatic hydroxyl groups excluding tert-OH is 4. The molecular weight excluding hydrogens is 647 g/mol. The van der Waals surface area contributed by atoms with E-state index in [2.05, 4.69) is 36.5 Å². The number of hydrogen-bond acceptors (Lipinski definition) is 5. The number of hydrogen-bond donors (Lipinski definition) is 5. The van der Waals surface area contributed by atoms with Crippen LogP contribution in [0.25, 0.3) is 0 Å². The lowest BCUT2D eigenvalue weighted by Gasteiger charge is -2.27. The van der Waals surface area contributed by atoms with Gasteiger partial charge in [-0.3, -0.25) is 4.79 Å². The minimum Gasteiger partial charge on any atom is -0.394 e. The van der Waals surface area contributed by atoms with E-state index in [4.69, 9.17) is 0 Å². The molecule has 308 valence electrons. The van der Waals surface area contributed by atoms with Gasteiger partial charge in [0.25, 0.3) is 0 Å². The highest BCUT2D eigenvalue weighted by molar-refractivity contribution is 5.80. The minimum atomic E-state index is -1.25. The van der Waals surface area contributed by atoms with E-state index in [1.54, 1.807) is 0 Å². The molecular formula is C46H89NO5. The van der Waals surface area contributed by atoms with Crippen molar-refractivity contribution in [3.63, 3.8) is 0 Å². The zero-order valence-electron chi connectivity index (χ0n) is 34.6. The van der Waals surface area contributed by atoms with Crippen molar-refractivity contribution in [2.75, 3.05) is 6.61 Å². The van der Waals surface area contributed by atoms with Crippen LogP contribution in [-0.4, -0.2) is 57.3 Å². The molecule has 0 aliphatic rings. The van der Waals surface area contributed by atoms with Gasteiger partial charge in [-0.15, -0.1) is 0 Å². The van der Waals surface area contributed by atoms with Crippen molar-refractivity contribution in [3.05, 3.63) is 24.3 Å². The largest absolute Gasteiger partial charge is 0.394 e. The third-order valence-electron chi connectivity index (χ3n) is 10.7. The zero-order valence-corrected chi connectivity index (χ0v) is 34.6. The van der Waals surface area contributed by atoms with Crippen LogP contribution in [0.4, 0.5) is 0 Å². The van der Waals surface area contributed by atoms with Crippen LogP contribution in [-0.2, 0) is 4.79 Å². The molecule has 0 aromatic carbocycles. The second-order valence-corrected chi connectivity index (χ2v) is 15.8. The lowest BCUT2D eigenvalue weighted by molar-refractivity contribution is -0.132. The van der Waals surface area contributed by atoms with Gasteiger partial charge in [-0.25, -0.2) is 0 Å². The number of amides is 1. The van der Waals surface area contributed by atoms with Crippen LogP contribution in [0, 0.1) is 0 Å². The monoisotopic (exact) mass is 736 g/mol. The normalized spacial score (nSPS) is 14.3. The minimum absolute atomic E-state index is 0.368. The van der Waals surface area contributed by atoms with Crippen LogP contribution in [0.2, 0.25) is 0 Å². The molecule has 5 N–H and O–H groups in total. The first-order valence-electron chi connectivity index (χ1n) is 22.7. The molecule has 0 bridgehead atoms. The fourth-order valence-corrected chi connectivity index (χ4v) is 7.01. The predicted molar refractivity (Wildman–Crippen MR) is 224 cm³/mol. The predicted octanol–water partition coefficient (Wildman–Crippen LogP) is 12.0. The van der Waals surface area contributed by atoms with Gasteiger partial charge in [0.05, 0.1) is 18.8 Å². The summed E-state index contributed by atoms with van der Waals surface area (Å²) in [5.41, 5.74) is 0. The van der Waals surface area contributed by atoms with Crippen LogP contribution < -0.4 is 5.32 Å². The molecule has 1 amide bonds. The maximum absolute atomic E-state index is 12.3. The summed E-state index contributed by atoms with van der Waals surface area (Å²) in [4.78, 5) is 12.3. The van der Waals surface area contributed by atoms with Gasteiger partial charge >= 0.3 is 0 Å². The Hall–Kier alpha value is -1.21. The maximum atomic E-state index is 12.3. The Labute approximate surface area is 323 Å². The molecule has 4 atom stereocenters. The lowest BCUT2D eigenvalue weighted by atomic mass is 10.0. The summed E-state index contributed by atoms with van der Waals surface area (Å²) in [5.74, 6) is -0.595. The molecule has 0 spiro atoms. The first kappa shape index (κ1) is 50.8. The van der Waals surface area contributed by atoms with Crippen molar-refractivity contribution >= 4 is 5.91 Å². The smallest absolute Gasteiger partial charge is 0.249 e. The van der Waals surface area contributed by atoms with E-state index in [9.17, 15) is 25.2 Å². The Morgan fingerprint density at radius 1 is 0.481 bits per heavy atom. The van der Waals surface area contributed by atoms with Gasteiger partial charge in [0, 0.05) is 0 Å². The van der Waals surface area contributed by atoms with E-state index in [-0.39, 0.29) is 0 Å². The van der Waals surface area contributed by atoms with Crippen LogP contribution >= 0.6 is 0 Å². The van der Waals surface area contributed by atoms with Crippen molar-refractivity contribution < 1.29 is 25.2 Å². The Morgan fingerprint density at radius 3 is 1.23 bits per heavy atom. The SMILES string of the molecule is CCCCCCCCCCCCC/C=C\C/C=C\CCCCCCCCCCCCCCCCCCC(O)C(=O)NC(CO)C(O)C(O)CCCC. The Morgan fingerprint density at radius 2 is 0.846 bits per heavy atom. The van der Waals surface area contributed by atoms with E-state index < -0.39 is 36.9 Å². The maximum Gasteiger partial charge on any atom is 0.249 e. The first-order chi connectivity index (χ1) is 25.5. The van der Waals surface area contributed by atoms with Crippen molar-refractivity contribution in [2.45, 2.75) is 257 Å². The number of unbranched alkanes of at least 4 members (excludes halogenated alkanes) is 28. The second kappa shape index (κ2) is 41.0. The van der Waals surface area contributed by atoms with Gasteiger partial charge in [0.2, 0.25) is 5.91 Å². The average molecular weight is 736 g/mol. The zero-order chi connectivity index (χ0) is 38.2. The molecule has 52 heavy (non-hydrogen) atoms. The van der Waals surface area contributed by atoms with E-state index in [1.807, 2.05) is 6.92 Å². The molecule has 0 radical (unpaired) electrons. The Kier molecular flexibility index (Phi) is 40.0. The Balaban J connectivity index is 3.42. The molecule has 0 aromatic heterocycles. The number of aliphatic hydroxyl groups is 4. The number of carbonyl (C=O) groups excluding carboxylic acids is 1. The molecule has 0 aromatic rings. The quantitative estimate of drug-likeness (QED) is 0.0317. The summed E-state index contributed by atoms with van der Waals surface area (Å²) >= 11 is 0. The molecule has 0 saturated carbocycles. The number of allylic oxidation sites excluding steroid dienone is 4. The summed E-state index contributed by atoms with van der Waals surface area (Å²) in [6, 6.07) is -0.978. The van der Waals surface area contributed by atoms with Gasteiger partial charge in [0.15, 0.2) is 0 Å². The van der Waals surface area contributed by atoms with Gasteiger partial charge < -0.3 is 25.7 Å². The number of nitrogens with one attached hydrogen (secondary N) is 1. The van der Waals surface area contributed by atoms with E-state index in [1.165, 1.54) is 167 Å². The summed E-state index contributed by atoms with van der Waals surface area (Å²) in [6.07, 6.45) is 48.0. The van der Waals surface area contributed by atoms with E-state index in [0.29, 0.717) is 12.8 Å². The topological polar surface area (TPSA) is 110 Å². The molecule has 6 nitrogen and oxygen atoms in total. The highest BCUT2D eigenvalue weighted by atomic mass is 16.3. The number of carbonyl (C=O) groups is 1. The first-order valence-corrected chi connectivity index (χ1v) is 22.7.